The van der Waals surface area contributed by atoms with Crippen LogP contribution in [0, 0.1) is 0 Å². The number of aromatic hydroxyl groups is 2. The summed E-state index contributed by atoms with van der Waals surface area (Å²) in [5, 5.41) is 18.8. The SMILES string of the molecule is CCC(CC)N(C)CC(=O)c1ccc(O)cc1O. The summed E-state index contributed by atoms with van der Waals surface area (Å²) in [4.78, 5) is 14.0. The third-order valence-corrected chi connectivity index (χ3v) is 3.24. The monoisotopic (exact) mass is 251 g/mol. The van der Waals surface area contributed by atoms with Gasteiger partial charge in [0.25, 0.3) is 0 Å². The van der Waals surface area contributed by atoms with Crippen molar-refractivity contribution in [3.8, 4) is 11.5 Å². The number of hydrogen-bond acceptors (Lipinski definition) is 4. The fraction of sp³-hybridized carbons (Fsp3) is 0.500. The molecule has 4 nitrogen and oxygen atoms in total. The van der Waals surface area contributed by atoms with Crippen molar-refractivity contribution < 1.29 is 15.0 Å². The maximum absolute atomic E-state index is 12.0. The standard InChI is InChI=1S/C14H21NO3/c1-4-10(5-2)15(3)9-14(18)12-7-6-11(16)8-13(12)17/h6-8,10,16-17H,4-5,9H2,1-3H3. The van der Waals surface area contributed by atoms with Gasteiger partial charge in [-0.1, -0.05) is 13.8 Å². The number of phenolic OH excluding ortho intramolecular Hbond substituents is 2. The van der Waals surface area contributed by atoms with Gasteiger partial charge in [0.2, 0.25) is 0 Å². The highest BCUT2D eigenvalue weighted by atomic mass is 16.3. The van der Waals surface area contributed by atoms with Crippen LogP contribution in [0.3, 0.4) is 0 Å². The summed E-state index contributed by atoms with van der Waals surface area (Å²) in [6.07, 6.45) is 1.98. The second kappa shape index (κ2) is 6.40. The van der Waals surface area contributed by atoms with Crippen LogP contribution in [0.4, 0.5) is 0 Å². The van der Waals surface area contributed by atoms with Crippen molar-refractivity contribution in [1.29, 1.82) is 0 Å². The number of Topliss-reactive ketones (excluding diaryl/α,β-unsaturated/α-hetero) is 1. The molecule has 0 aliphatic heterocycles. The van der Waals surface area contributed by atoms with Crippen molar-refractivity contribution >= 4 is 5.78 Å². The minimum atomic E-state index is -0.169. The van der Waals surface area contributed by atoms with Crippen LogP contribution in [0.25, 0.3) is 0 Å². The van der Waals surface area contributed by atoms with E-state index in [4.69, 9.17) is 0 Å². The first-order valence-corrected chi connectivity index (χ1v) is 6.25. The molecule has 0 saturated heterocycles. The topological polar surface area (TPSA) is 60.8 Å². The Morgan fingerprint density at radius 1 is 1.28 bits per heavy atom. The van der Waals surface area contributed by atoms with E-state index in [1.807, 2.05) is 11.9 Å². The second-order valence-corrected chi connectivity index (χ2v) is 4.51. The predicted molar refractivity (Wildman–Crippen MR) is 71.1 cm³/mol. The van der Waals surface area contributed by atoms with Crippen LogP contribution in [-0.2, 0) is 0 Å². The van der Waals surface area contributed by atoms with Gasteiger partial charge in [0, 0.05) is 12.1 Å². The third-order valence-electron chi connectivity index (χ3n) is 3.24. The zero-order valence-corrected chi connectivity index (χ0v) is 11.2. The van der Waals surface area contributed by atoms with Crippen molar-refractivity contribution in [2.24, 2.45) is 0 Å². The van der Waals surface area contributed by atoms with Crippen LogP contribution in [0.15, 0.2) is 18.2 Å². The van der Waals surface area contributed by atoms with Crippen LogP contribution < -0.4 is 0 Å². The lowest BCUT2D eigenvalue weighted by molar-refractivity contribution is 0.0913. The molecule has 0 aliphatic carbocycles. The largest absolute Gasteiger partial charge is 0.508 e. The highest BCUT2D eigenvalue weighted by Gasteiger charge is 2.17. The van der Waals surface area contributed by atoms with E-state index in [1.165, 1.54) is 18.2 Å². The fourth-order valence-corrected chi connectivity index (χ4v) is 2.11. The number of phenols is 2. The average molecular weight is 251 g/mol. The zero-order valence-electron chi connectivity index (χ0n) is 11.2. The molecule has 0 atom stereocenters. The summed E-state index contributed by atoms with van der Waals surface area (Å²) in [5.74, 6) is -0.350. The minimum Gasteiger partial charge on any atom is -0.508 e. The summed E-state index contributed by atoms with van der Waals surface area (Å²) >= 11 is 0. The number of nitrogens with zero attached hydrogens (tertiary/aromatic N) is 1. The van der Waals surface area contributed by atoms with E-state index >= 15 is 0 Å². The molecule has 0 aromatic heterocycles. The Balaban J connectivity index is 2.76. The molecule has 0 saturated carbocycles. The molecule has 1 rings (SSSR count). The number of ketones is 1. The first kappa shape index (κ1) is 14.5. The average Bonchev–Trinajstić information content (AvgIpc) is 2.30. The van der Waals surface area contributed by atoms with Crippen molar-refractivity contribution in [1.82, 2.24) is 4.90 Å². The van der Waals surface area contributed by atoms with Gasteiger partial charge in [-0.25, -0.2) is 0 Å². The molecule has 0 aliphatic rings. The number of benzene rings is 1. The highest BCUT2D eigenvalue weighted by molar-refractivity contribution is 6.00. The van der Waals surface area contributed by atoms with Gasteiger partial charge in [-0.2, -0.15) is 0 Å². The van der Waals surface area contributed by atoms with E-state index in [2.05, 4.69) is 13.8 Å². The Morgan fingerprint density at radius 2 is 1.89 bits per heavy atom. The van der Waals surface area contributed by atoms with Gasteiger partial charge in [-0.3, -0.25) is 9.69 Å². The summed E-state index contributed by atoms with van der Waals surface area (Å²) in [5.41, 5.74) is 0.255. The van der Waals surface area contributed by atoms with Gasteiger partial charge in [0.05, 0.1) is 12.1 Å². The molecular formula is C14H21NO3. The van der Waals surface area contributed by atoms with Crippen molar-refractivity contribution in [2.45, 2.75) is 32.7 Å². The molecular weight excluding hydrogens is 230 g/mol. The summed E-state index contributed by atoms with van der Waals surface area (Å²) in [6, 6.07) is 4.41. The fourth-order valence-electron chi connectivity index (χ4n) is 2.11. The summed E-state index contributed by atoms with van der Waals surface area (Å²) < 4.78 is 0. The van der Waals surface area contributed by atoms with Gasteiger partial charge >= 0.3 is 0 Å². The van der Waals surface area contributed by atoms with Gasteiger partial charge in [0.15, 0.2) is 5.78 Å². The number of carbonyl (C=O) groups excluding carboxylic acids is 1. The molecule has 0 heterocycles. The van der Waals surface area contributed by atoms with Crippen molar-refractivity contribution in [3.05, 3.63) is 23.8 Å². The third kappa shape index (κ3) is 3.47. The van der Waals surface area contributed by atoms with Crippen LogP contribution >= 0.6 is 0 Å². The Kier molecular flexibility index (Phi) is 5.16. The number of rotatable bonds is 6. The van der Waals surface area contributed by atoms with E-state index in [0.29, 0.717) is 6.04 Å². The summed E-state index contributed by atoms with van der Waals surface area (Å²) in [6.45, 7) is 4.45. The highest BCUT2D eigenvalue weighted by Crippen LogP contribution is 2.23. The smallest absolute Gasteiger partial charge is 0.180 e. The lowest BCUT2D eigenvalue weighted by Gasteiger charge is -2.25. The molecule has 1 aromatic carbocycles. The minimum absolute atomic E-state index is 0.0441. The molecule has 0 bridgehead atoms. The Labute approximate surface area is 108 Å². The van der Waals surface area contributed by atoms with Crippen LogP contribution in [0.1, 0.15) is 37.0 Å². The molecule has 0 fully saturated rings. The normalized spacial score (nSPS) is 11.2. The van der Waals surface area contributed by atoms with Gasteiger partial charge in [-0.05, 0) is 32.0 Å². The molecule has 4 heteroatoms. The molecule has 0 unspecified atom stereocenters. The molecule has 0 spiro atoms. The van der Waals surface area contributed by atoms with Gasteiger partial charge in [0.1, 0.15) is 11.5 Å². The van der Waals surface area contributed by atoms with Crippen LogP contribution in [0.2, 0.25) is 0 Å². The van der Waals surface area contributed by atoms with Gasteiger partial charge in [-0.15, -0.1) is 0 Å². The van der Waals surface area contributed by atoms with E-state index in [0.717, 1.165) is 12.8 Å². The van der Waals surface area contributed by atoms with E-state index in [9.17, 15) is 15.0 Å². The Morgan fingerprint density at radius 3 is 2.39 bits per heavy atom. The first-order chi connectivity index (χ1) is 8.49. The molecule has 1 aromatic rings. The molecule has 0 radical (unpaired) electrons. The maximum atomic E-state index is 12.0. The lowest BCUT2D eigenvalue weighted by atomic mass is 10.1. The molecule has 100 valence electrons. The van der Waals surface area contributed by atoms with Gasteiger partial charge < -0.3 is 10.2 Å². The van der Waals surface area contributed by atoms with Crippen LogP contribution in [-0.4, -0.2) is 40.5 Å². The van der Waals surface area contributed by atoms with Crippen molar-refractivity contribution in [3.63, 3.8) is 0 Å². The predicted octanol–water partition coefficient (Wildman–Crippen LogP) is 2.40. The van der Waals surface area contributed by atoms with E-state index in [-0.39, 0.29) is 29.4 Å². The number of likely N-dealkylation sites (N-methyl/N-ethyl adjacent to an activating group) is 1. The number of carbonyl (C=O) groups is 1. The summed E-state index contributed by atoms with van der Waals surface area (Å²) in [7, 11) is 1.91. The molecule has 0 amide bonds. The van der Waals surface area contributed by atoms with Crippen LogP contribution in [0.5, 0.6) is 11.5 Å². The number of hydrogen-bond donors (Lipinski definition) is 2. The maximum Gasteiger partial charge on any atom is 0.180 e. The Bertz CT molecular complexity index is 414. The first-order valence-electron chi connectivity index (χ1n) is 6.25. The van der Waals surface area contributed by atoms with E-state index in [1.54, 1.807) is 0 Å². The quantitative estimate of drug-likeness (QED) is 0.762. The Hall–Kier alpha value is -1.55. The second-order valence-electron chi connectivity index (χ2n) is 4.51. The molecule has 2 N–H and O–H groups in total. The van der Waals surface area contributed by atoms with E-state index < -0.39 is 0 Å². The van der Waals surface area contributed by atoms with Crippen molar-refractivity contribution in [2.75, 3.05) is 13.6 Å². The molecule has 18 heavy (non-hydrogen) atoms. The zero-order chi connectivity index (χ0) is 13.7. The lowest BCUT2D eigenvalue weighted by Crippen LogP contribution is -2.35.